The molecule has 7 N–H and O–H groups in total. The fourth-order valence-corrected chi connectivity index (χ4v) is 5.25. The Morgan fingerprint density at radius 1 is 0.755 bits per heavy atom. The lowest BCUT2D eigenvalue weighted by Crippen LogP contribution is -2.63. The standard InChI is InChI=1S/C35H61N5O9/c1-7-9-10-11-12-13-14-15-16-17-18-19-27(43)38-30-24(6)49-35(48)29(23(5)8-2)40-33(46)28(22(3)4)39-32(45)26(21-42)36-31(44)25(20-41)37-34(30)47/h15-16,22-26,28-30,41-42H,7-14,17-21H2,1-6H3,(H,36,44)(H,37,47)(H,38,43)(H,39,45)(H,40,46)/b16-15-/t23-,24+,25+,26-,28+,29-,30-/m0/s1. The normalized spacial score (nSPS) is 25.3. The van der Waals surface area contributed by atoms with E-state index in [2.05, 4.69) is 39.6 Å². The van der Waals surface area contributed by atoms with E-state index in [1.54, 1.807) is 20.8 Å². The fraction of sp³-hybridized carbons (Fsp3) is 0.771. The van der Waals surface area contributed by atoms with Crippen LogP contribution in [0, 0.1) is 11.8 Å². The Bertz CT molecular complexity index is 1100. The van der Waals surface area contributed by atoms with Gasteiger partial charge in [0.2, 0.25) is 29.5 Å². The number of carbonyl (C=O) groups is 6. The van der Waals surface area contributed by atoms with Crippen molar-refractivity contribution in [2.24, 2.45) is 11.8 Å². The predicted octanol–water partition coefficient (Wildman–Crippen LogP) is 1.52. The first-order valence-electron chi connectivity index (χ1n) is 17.9. The van der Waals surface area contributed by atoms with Crippen molar-refractivity contribution in [3.8, 4) is 0 Å². The Labute approximate surface area is 291 Å². The van der Waals surface area contributed by atoms with Gasteiger partial charge in [-0.05, 0) is 44.4 Å². The highest BCUT2D eigenvalue weighted by atomic mass is 16.5. The minimum absolute atomic E-state index is 0.0746. The Morgan fingerprint density at radius 3 is 1.86 bits per heavy atom. The average Bonchev–Trinajstić information content (AvgIpc) is 3.06. The summed E-state index contributed by atoms with van der Waals surface area (Å²) in [7, 11) is 0. The maximum absolute atomic E-state index is 13.5. The van der Waals surface area contributed by atoms with E-state index in [4.69, 9.17) is 4.74 Å². The molecule has 0 saturated carbocycles. The molecule has 0 unspecified atom stereocenters. The van der Waals surface area contributed by atoms with Crippen LogP contribution in [0.1, 0.15) is 112 Å². The maximum Gasteiger partial charge on any atom is 0.329 e. The summed E-state index contributed by atoms with van der Waals surface area (Å²) >= 11 is 0. The van der Waals surface area contributed by atoms with Gasteiger partial charge in [-0.3, -0.25) is 24.0 Å². The second kappa shape index (κ2) is 23.8. The van der Waals surface area contributed by atoms with Crippen LogP contribution in [0.4, 0.5) is 0 Å². The number of allylic oxidation sites excluding steroid dienone is 2. The van der Waals surface area contributed by atoms with Gasteiger partial charge in [-0.15, -0.1) is 0 Å². The molecule has 0 aromatic carbocycles. The largest absolute Gasteiger partial charge is 0.458 e. The van der Waals surface area contributed by atoms with Gasteiger partial charge < -0.3 is 41.5 Å². The van der Waals surface area contributed by atoms with Crippen molar-refractivity contribution in [2.75, 3.05) is 13.2 Å². The van der Waals surface area contributed by atoms with E-state index in [1.807, 2.05) is 13.0 Å². The summed E-state index contributed by atoms with van der Waals surface area (Å²) < 4.78 is 5.65. The van der Waals surface area contributed by atoms with Gasteiger partial charge in [-0.2, -0.15) is 0 Å². The van der Waals surface area contributed by atoms with Crippen LogP contribution in [0.3, 0.4) is 0 Å². The van der Waals surface area contributed by atoms with E-state index in [9.17, 15) is 39.0 Å². The van der Waals surface area contributed by atoms with Gasteiger partial charge in [0.1, 0.15) is 36.3 Å². The van der Waals surface area contributed by atoms with Crippen LogP contribution in [-0.4, -0.2) is 95.2 Å². The third-order valence-corrected chi connectivity index (χ3v) is 8.68. The molecule has 1 heterocycles. The number of ether oxygens (including phenoxy) is 1. The first kappa shape index (κ1) is 43.5. The van der Waals surface area contributed by atoms with Crippen molar-refractivity contribution in [2.45, 2.75) is 148 Å². The maximum atomic E-state index is 13.5. The van der Waals surface area contributed by atoms with Gasteiger partial charge in [-0.1, -0.05) is 85.3 Å². The number of aliphatic hydroxyl groups is 2. The zero-order valence-corrected chi connectivity index (χ0v) is 30.2. The van der Waals surface area contributed by atoms with E-state index in [1.165, 1.54) is 39.0 Å². The summed E-state index contributed by atoms with van der Waals surface area (Å²) in [5.41, 5.74) is 0. The topological polar surface area (TPSA) is 212 Å². The van der Waals surface area contributed by atoms with E-state index < -0.39 is 96.9 Å². The highest BCUT2D eigenvalue weighted by Gasteiger charge is 2.38. The number of amides is 5. The molecular formula is C35H61N5O9. The van der Waals surface area contributed by atoms with Crippen LogP contribution in [-0.2, 0) is 33.5 Å². The van der Waals surface area contributed by atoms with Gasteiger partial charge in [0, 0.05) is 6.42 Å². The van der Waals surface area contributed by atoms with Gasteiger partial charge in [0.15, 0.2) is 0 Å². The molecule has 1 aliphatic heterocycles. The number of unbranched alkanes of at least 4 members (excludes halogenated alkanes) is 7. The lowest BCUT2D eigenvalue weighted by Gasteiger charge is -2.31. The number of aliphatic hydroxyl groups excluding tert-OH is 2. The molecule has 14 nitrogen and oxygen atoms in total. The zero-order chi connectivity index (χ0) is 36.9. The van der Waals surface area contributed by atoms with Gasteiger partial charge >= 0.3 is 5.97 Å². The Kier molecular flexibility index (Phi) is 21.1. The van der Waals surface area contributed by atoms with Crippen LogP contribution in [0.25, 0.3) is 0 Å². The third-order valence-electron chi connectivity index (χ3n) is 8.68. The van der Waals surface area contributed by atoms with Gasteiger partial charge in [0.25, 0.3) is 0 Å². The van der Waals surface area contributed by atoms with Gasteiger partial charge in [0.05, 0.1) is 13.2 Å². The summed E-state index contributed by atoms with van der Waals surface area (Å²) in [5, 5.41) is 32.2. The minimum atomic E-state index is -1.58. The van der Waals surface area contributed by atoms with Crippen molar-refractivity contribution < 1.29 is 43.7 Å². The summed E-state index contributed by atoms with van der Waals surface area (Å²) in [5.74, 6) is -5.72. The SMILES string of the molecule is CCCCCCCC/C=C\CCCC(=O)N[C@@H]1C(=O)N[C@H](CO)C(=O)N[C@@H](CO)C(=O)N[C@H](C(C)C)C(=O)N[C@@H]([C@@H](C)CC)C(=O)O[C@@H]1C. The number of cyclic esters (lactones) is 1. The van der Waals surface area contributed by atoms with Crippen molar-refractivity contribution in [1.29, 1.82) is 0 Å². The summed E-state index contributed by atoms with van der Waals surface area (Å²) in [6, 6.07) is -6.88. The molecule has 0 aromatic rings. The smallest absolute Gasteiger partial charge is 0.329 e. The van der Waals surface area contributed by atoms with E-state index in [-0.39, 0.29) is 6.42 Å². The molecule has 280 valence electrons. The Hall–Kier alpha value is -3.52. The number of esters is 1. The number of carbonyl (C=O) groups excluding carboxylic acids is 6. The monoisotopic (exact) mass is 695 g/mol. The molecule has 1 rings (SSSR count). The van der Waals surface area contributed by atoms with Crippen LogP contribution in [0.15, 0.2) is 12.2 Å². The number of hydrogen-bond acceptors (Lipinski definition) is 9. The average molecular weight is 696 g/mol. The predicted molar refractivity (Wildman–Crippen MR) is 185 cm³/mol. The summed E-state index contributed by atoms with van der Waals surface area (Å²) in [6.45, 7) is 8.75. The summed E-state index contributed by atoms with van der Waals surface area (Å²) in [4.78, 5) is 79.3. The highest BCUT2D eigenvalue weighted by Crippen LogP contribution is 2.15. The second-order valence-electron chi connectivity index (χ2n) is 13.2. The van der Waals surface area contributed by atoms with Crippen molar-refractivity contribution in [3.05, 3.63) is 12.2 Å². The molecule has 0 spiro atoms. The van der Waals surface area contributed by atoms with Crippen molar-refractivity contribution in [3.63, 3.8) is 0 Å². The third kappa shape index (κ3) is 15.7. The quantitative estimate of drug-likeness (QED) is 0.0667. The molecule has 0 aromatic heterocycles. The number of rotatable bonds is 17. The molecule has 0 radical (unpaired) electrons. The number of nitrogens with one attached hydrogen (secondary N) is 5. The molecule has 49 heavy (non-hydrogen) atoms. The van der Waals surface area contributed by atoms with E-state index in [0.717, 1.165) is 12.8 Å². The Morgan fingerprint density at radius 2 is 1.29 bits per heavy atom. The molecule has 1 saturated heterocycles. The second-order valence-corrected chi connectivity index (χ2v) is 13.2. The summed E-state index contributed by atoms with van der Waals surface area (Å²) in [6.07, 6.45) is 12.9. The van der Waals surface area contributed by atoms with Crippen LogP contribution in [0.5, 0.6) is 0 Å². The Balaban J connectivity index is 3.19. The lowest BCUT2D eigenvalue weighted by molar-refractivity contribution is -0.157. The molecule has 14 heteroatoms. The number of hydrogen-bond donors (Lipinski definition) is 7. The van der Waals surface area contributed by atoms with E-state index >= 15 is 0 Å². The molecule has 1 fully saturated rings. The van der Waals surface area contributed by atoms with Crippen LogP contribution >= 0.6 is 0 Å². The van der Waals surface area contributed by atoms with Crippen molar-refractivity contribution >= 4 is 35.5 Å². The fourth-order valence-electron chi connectivity index (χ4n) is 5.25. The van der Waals surface area contributed by atoms with Crippen LogP contribution in [0.2, 0.25) is 0 Å². The molecule has 5 amide bonds. The first-order valence-corrected chi connectivity index (χ1v) is 17.9. The lowest BCUT2D eigenvalue weighted by atomic mass is 9.97. The van der Waals surface area contributed by atoms with E-state index in [0.29, 0.717) is 19.3 Å². The zero-order valence-electron chi connectivity index (χ0n) is 30.2. The van der Waals surface area contributed by atoms with Crippen molar-refractivity contribution in [1.82, 2.24) is 26.6 Å². The minimum Gasteiger partial charge on any atom is -0.458 e. The van der Waals surface area contributed by atoms with Crippen LogP contribution < -0.4 is 26.6 Å². The molecule has 1 aliphatic rings. The first-order chi connectivity index (χ1) is 23.3. The molecule has 0 aliphatic carbocycles. The molecule has 7 atom stereocenters. The molecular weight excluding hydrogens is 634 g/mol. The highest BCUT2D eigenvalue weighted by molar-refractivity contribution is 5.96. The van der Waals surface area contributed by atoms with Gasteiger partial charge in [-0.25, -0.2) is 4.79 Å². The molecule has 0 bridgehead atoms.